The summed E-state index contributed by atoms with van der Waals surface area (Å²) < 4.78 is 303. The minimum absolute atomic E-state index is 0.207. The number of fused-ring (bicyclic) bond motifs is 1. The molecule has 0 radical (unpaired) electrons. The molecule has 0 atom stereocenters. The van der Waals surface area contributed by atoms with Crippen LogP contribution in [0, 0.1) is 116 Å². The summed E-state index contributed by atoms with van der Waals surface area (Å²) in [5.74, 6) is -71.9. The van der Waals surface area contributed by atoms with Gasteiger partial charge in [-0.05, 0) is 35.6 Å². The van der Waals surface area contributed by atoms with Gasteiger partial charge in [0, 0.05) is 11.6 Å². The van der Waals surface area contributed by atoms with E-state index >= 15 is 35.1 Å². The SMILES string of the molecule is Fc1c(F)c(F)c([B-](c2c(F)c(F)c(F)c(F)c2F)(c2c(F)c(F)c(F)c(F)c2F)c2c(F)c(F)c(F)c(F)c2F)c(F)c1F.O=C(O)c1cccc(Oc2sc3ccccc3[n+]2Cc2ccccc2)c1. The van der Waals surface area contributed by atoms with Crippen LogP contribution in [0.1, 0.15) is 15.9 Å². The van der Waals surface area contributed by atoms with Crippen molar-refractivity contribution in [3.63, 3.8) is 0 Å². The van der Waals surface area contributed by atoms with E-state index in [1.165, 1.54) is 5.56 Å². The number of benzene rings is 7. The number of halogens is 20. The fourth-order valence-electron chi connectivity index (χ4n) is 7.67. The van der Waals surface area contributed by atoms with E-state index < -0.39 is 150 Å². The predicted octanol–water partition coefficient (Wildman–Crippen LogP) is 10.6. The minimum Gasteiger partial charge on any atom is -0.478 e. The van der Waals surface area contributed by atoms with Crippen molar-refractivity contribution in [3.05, 3.63) is 206 Å². The third-order valence-corrected chi connectivity index (χ3v) is 11.8. The Balaban J connectivity index is 0.000000240. The third kappa shape index (κ3) is 8.31. The van der Waals surface area contributed by atoms with E-state index in [2.05, 4.69) is 28.8 Å². The molecule has 26 heteroatoms. The van der Waals surface area contributed by atoms with Crippen LogP contribution in [-0.2, 0) is 6.54 Å². The average Bonchev–Trinajstić information content (AvgIpc) is 3.70. The van der Waals surface area contributed by atoms with Crippen molar-refractivity contribution in [2.45, 2.75) is 6.54 Å². The number of nitrogens with zero attached hydrogens (tertiary/aromatic N) is 1. The molecular weight excluding hydrogens is 1030 g/mol. The molecule has 0 saturated carbocycles. The molecule has 1 N–H and O–H groups in total. The summed E-state index contributed by atoms with van der Waals surface area (Å²) in [6.07, 6.45) is -7.22. The number of hydrogen-bond acceptors (Lipinski definition) is 3. The first-order valence-electron chi connectivity index (χ1n) is 19.1. The molecule has 4 nitrogen and oxygen atoms in total. The molecule has 7 aromatic carbocycles. The van der Waals surface area contributed by atoms with Crippen molar-refractivity contribution in [2.75, 3.05) is 0 Å². The number of rotatable bonds is 9. The van der Waals surface area contributed by atoms with Crippen LogP contribution in [0.4, 0.5) is 87.8 Å². The monoisotopic (exact) mass is 1040 g/mol. The highest BCUT2D eigenvalue weighted by molar-refractivity contribution is 7.20. The quantitative estimate of drug-likeness (QED) is 0.0515. The van der Waals surface area contributed by atoms with Crippen molar-refractivity contribution in [1.82, 2.24) is 0 Å². The van der Waals surface area contributed by atoms with E-state index in [-0.39, 0.29) is 5.56 Å². The normalized spacial score (nSPS) is 11.5. The van der Waals surface area contributed by atoms with Crippen LogP contribution in [0.15, 0.2) is 78.9 Å². The Morgan fingerprint density at radius 2 is 0.775 bits per heavy atom. The lowest BCUT2D eigenvalue weighted by atomic mass is 9.12. The van der Waals surface area contributed by atoms with E-state index in [9.17, 15) is 62.6 Å². The van der Waals surface area contributed by atoms with Gasteiger partial charge in [0.25, 0.3) is 0 Å². The fraction of sp³-hybridized carbons (Fsp3) is 0.0222. The Bertz CT molecular complexity index is 3100. The molecule has 0 aliphatic carbocycles. The van der Waals surface area contributed by atoms with E-state index in [0.29, 0.717) is 12.3 Å². The molecule has 0 spiro atoms. The molecule has 0 aliphatic heterocycles. The van der Waals surface area contributed by atoms with Gasteiger partial charge in [-0.2, -0.15) is 0 Å². The topological polar surface area (TPSA) is 50.4 Å². The summed E-state index contributed by atoms with van der Waals surface area (Å²) in [5, 5.41) is 9.90. The van der Waals surface area contributed by atoms with E-state index in [0.717, 1.165) is 15.4 Å². The van der Waals surface area contributed by atoms with Crippen LogP contribution >= 0.6 is 11.3 Å². The van der Waals surface area contributed by atoms with Gasteiger partial charge in [0.05, 0.1) is 5.56 Å². The second-order valence-corrected chi connectivity index (χ2v) is 15.6. The average molecular weight is 1040 g/mol. The lowest BCUT2D eigenvalue weighted by Gasteiger charge is -2.44. The molecule has 0 saturated heterocycles. The maximum Gasteiger partial charge on any atom is 0.437 e. The van der Waals surface area contributed by atoms with E-state index in [4.69, 9.17) is 4.74 Å². The van der Waals surface area contributed by atoms with Crippen molar-refractivity contribution >= 4 is 55.5 Å². The molecule has 8 rings (SSSR count). The van der Waals surface area contributed by atoms with Gasteiger partial charge in [-0.25, -0.2) is 92.6 Å². The smallest absolute Gasteiger partial charge is 0.437 e. The van der Waals surface area contributed by atoms with Gasteiger partial charge in [0.2, 0.25) is 5.52 Å². The standard InChI is InChI=1S/C24BF20.C21H15NO3S/c26-5-1(6(27)14(35)21(42)13(5)34)25(2-7(28)15(36)22(43)16(37)8(2)29,3-9(30)17(38)23(44)18(39)10(3)31)4-11(32)19(40)24(45)20(41)12(4)33;23-20(24)16-9-6-10-17(13-16)25-21-22(14-15-7-2-1-3-8-15)18-11-4-5-12-19(18)26-21/h;1-13H,14H2/q-1;/p+1. The lowest BCUT2D eigenvalue weighted by Crippen LogP contribution is -2.81. The second kappa shape index (κ2) is 19.3. The molecule has 71 heavy (non-hydrogen) atoms. The minimum atomic E-state index is -7.22. The summed E-state index contributed by atoms with van der Waals surface area (Å²) in [6, 6.07) is 24.9. The Morgan fingerprint density at radius 1 is 0.437 bits per heavy atom. The summed E-state index contributed by atoms with van der Waals surface area (Å²) in [6.45, 7) is 0.679. The summed E-state index contributed by atoms with van der Waals surface area (Å²) in [5.41, 5.74) is -11.9. The molecule has 0 unspecified atom stereocenters. The highest BCUT2D eigenvalue weighted by Gasteiger charge is 2.52. The van der Waals surface area contributed by atoms with Crippen molar-refractivity contribution < 1.29 is 107 Å². The van der Waals surface area contributed by atoms with Crippen molar-refractivity contribution in [3.8, 4) is 10.9 Å². The zero-order valence-corrected chi connectivity index (χ0v) is 34.8. The molecule has 1 heterocycles. The van der Waals surface area contributed by atoms with Crippen molar-refractivity contribution in [1.29, 1.82) is 0 Å². The first-order chi connectivity index (χ1) is 33.4. The van der Waals surface area contributed by atoms with Crippen LogP contribution in [0.2, 0.25) is 0 Å². The molecule has 0 amide bonds. The molecule has 0 aliphatic rings. The van der Waals surface area contributed by atoms with Crippen LogP contribution in [0.3, 0.4) is 0 Å². The maximum atomic E-state index is 15.4. The number of thiazole rings is 1. The Labute approximate surface area is 385 Å². The van der Waals surface area contributed by atoms with Crippen LogP contribution in [0.25, 0.3) is 10.2 Å². The predicted molar refractivity (Wildman–Crippen MR) is 210 cm³/mol. The molecule has 8 aromatic rings. The van der Waals surface area contributed by atoms with Gasteiger partial charge >= 0.3 is 11.2 Å². The van der Waals surface area contributed by atoms with Crippen molar-refractivity contribution in [2.24, 2.45) is 0 Å². The second-order valence-electron chi connectivity index (χ2n) is 14.6. The first kappa shape index (κ1) is 51.2. The number of para-hydroxylation sites is 1. The first-order valence-corrected chi connectivity index (χ1v) is 19.9. The van der Waals surface area contributed by atoms with Crippen LogP contribution in [-0.4, -0.2) is 17.2 Å². The van der Waals surface area contributed by atoms with Gasteiger partial charge in [-0.3, -0.25) is 0 Å². The molecule has 368 valence electrons. The highest BCUT2D eigenvalue weighted by atomic mass is 32.1. The number of aromatic nitrogens is 1. The fourth-order valence-corrected chi connectivity index (χ4v) is 8.70. The number of carboxylic acids is 1. The zero-order chi connectivity index (χ0) is 52.3. The van der Waals surface area contributed by atoms with Gasteiger partial charge in [-0.15, -0.1) is 26.4 Å². The molecule has 0 fully saturated rings. The number of carboxylic acid groups (broad SMARTS) is 1. The van der Waals surface area contributed by atoms with E-state index in [1.807, 2.05) is 30.3 Å². The zero-order valence-electron chi connectivity index (χ0n) is 34.0. The Hall–Kier alpha value is -7.64. The van der Waals surface area contributed by atoms with Gasteiger partial charge in [0.1, 0.15) is 63.1 Å². The third-order valence-electron chi connectivity index (χ3n) is 10.8. The molecule has 0 bridgehead atoms. The number of hydrogen-bond donors (Lipinski definition) is 1. The highest BCUT2D eigenvalue weighted by Crippen LogP contribution is 2.33. The van der Waals surface area contributed by atoms with Gasteiger partial charge in [0.15, 0.2) is 76.4 Å². The number of aromatic carboxylic acids is 1. The lowest BCUT2D eigenvalue weighted by molar-refractivity contribution is -0.662. The number of carbonyl (C=O) groups is 1. The summed E-state index contributed by atoms with van der Waals surface area (Å²) in [4.78, 5) is 11.2. The Kier molecular flexibility index (Phi) is 13.9. The van der Waals surface area contributed by atoms with E-state index in [1.54, 1.807) is 35.6 Å². The summed E-state index contributed by atoms with van der Waals surface area (Å²) in [7, 11) is 0. The molecule has 1 aromatic heterocycles. The molecular formula is C45H16BF20NO3S. The van der Waals surface area contributed by atoms with Crippen LogP contribution in [0.5, 0.6) is 10.9 Å². The maximum absolute atomic E-state index is 15.4. The Morgan fingerprint density at radius 3 is 1.14 bits per heavy atom. The largest absolute Gasteiger partial charge is 0.478 e. The number of ether oxygens (including phenoxy) is 1. The van der Waals surface area contributed by atoms with Crippen LogP contribution < -0.4 is 31.2 Å². The van der Waals surface area contributed by atoms with Gasteiger partial charge < -0.3 is 9.84 Å². The van der Waals surface area contributed by atoms with Gasteiger partial charge in [-0.1, -0.05) is 48.5 Å². The summed E-state index contributed by atoms with van der Waals surface area (Å²) >= 11 is 1.55.